The van der Waals surface area contributed by atoms with Crippen molar-refractivity contribution in [3.63, 3.8) is 0 Å². The summed E-state index contributed by atoms with van der Waals surface area (Å²) in [5.41, 5.74) is 4.17. The Bertz CT molecular complexity index is 1370. The predicted octanol–water partition coefficient (Wildman–Crippen LogP) is 5.73. The minimum atomic E-state index is -0.881. The van der Waals surface area contributed by atoms with Gasteiger partial charge < -0.3 is 9.84 Å². The van der Waals surface area contributed by atoms with Crippen molar-refractivity contribution in [2.75, 3.05) is 13.2 Å². The number of benzene rings is 3. The molecule has 5 rings (SSSR count). The molecule has 0 saturated carbocycles. The largest absolute Gasteiger partial charge is 0.504 e. The van der Waals surface area contributed by atoms with Crippen molar-refractivity contribution >= 4 is 10.9 Å². The Kier molecular flexibility index (Phi) is 5.42. The van der Waals surface area contributed by atoms with Crippen LogP contribution in [0, 0.1) is 24.4 Å². The number of hydrogen-bond acceptors (Lipinski definition) is 4. The van der Waals surface area contributed by atoms with Crippen LogP contribution in [0.2, 0.25) is 0 Å². The minimum Gasteiger partial charge on any atom is -0.504 e. The fraction of sp³-hybridized carbons (Fsp3) is 0.192. The summed E-state index contributed by atoms with van der Waals surface area (Å²) < 4.78 is 46.5. The number of nitrogens with zero attached hydrogens (tertiary/aromatic N) is 2. The molecule has 0 fully saturated rings. The summed E-state index contributed by atoms with van der Waals surface area (Å²) in [5, 5.41) is 11.5. The first kappa shape index (κ1) is 21.3. The van der Waals surface area contributed by atoms with E-state index in [1.165, 1.54) is 18.2 Å². The molecule has 4 aromatic rings. The predicted molar refractivity (Wildman–Crippen MR) is 120 cm³/mol. The van der Waals surface area contributed by atoms with Crippen molar-refractivity contribution < 1.29 is 23.0 Å². The van der Waals surface area contributed by atoms with Crippen LogP contribution in [0.25, 0.3) is 22.2 Å². The third-order valence-corrected chi connectivity index (χ3v) is 5.86. The highest BCUT2D eigenvalue weighted by Gasteiger charge is 2.21. The van der Waals surface area contributed by atoms with E-state index in [0.717, 1.165) is 22.6 Å². The lowest BCUT2D eigenvalue weighted by Gasteiger charge is -2.20. The fourth-order valence-electron chi connectivity index (χ4n) is 4.26. The van der Waals surface area contributed by atoms with Gasteiger partial charge in [-0.1, -0.05) is 6.07 Å². The van der Waals surface area contributed by atoms with Gasteiger partial charge in [-0.15, -0.1) is 0 Å². The van der Waals surface area contributed by atoms with Crippen LogP contribution in [0.4, 0.5) is 13.2 Å². The van der Waals surface area contributed by atoms with Gasteiger partial charge in [0.1, 0.15) is 12.4 Å². The van der Waals surface area contributed by atoms with Crippen LogP contribution in [-0.2, 0) is 13.1 Å². The first-order valence-electron chi connectivity index (χ1n) is 10.6. The molecule has 0 unspecified atom stereocenters. The smallest absolute Gasteiger partial charge is 0.165 e. The second-order valence-corrected chi connectivity index (χ2v) is 8.28. The number of phenolic OH excluding ortho intramolecular Hbond substituents is 1. The summed E-state index contributed by atoms with van der Waals surface area (Å²) in [6.45, 7) is 3.67. The van der Waals surface area contributed by atoms with Crippen LogP contribution in [0.1, 0.15) is 16.7 Å². The molecule has 1 N–H and O–H groups in total. The molecule has 0 bridgehead atoms. The molecule has 0 radical (unpaired) electrons. The number of halogens is 3. The lowest BCUT2D eigenvalue weighted by Crippen LogP contribution is -2.25. The van der Waals surface area contributed by atoms with E-state index in [1.807, 2.05) is 24.0 Å². The van der Waals surface area contributed by atoms with Gasteiger partial charge in [0.15, 0.2) is 23.1 Å². The first-order valence-corrected chi connectivity index (χ1v) is 10.6. The first-order chi connectivity index (χ1) is 15.9. The molecule has 168 valence electrons. The standard InChI is InChI=1S/C26H21F3N2O2/c1-15-8-23(30-24-12-19(27)3-4-20(15)24)17-10-18-14-31(6-7-33-26(18)25(32)11-17)13-16-2-5-21(28)22(29)9-16/h2-5,8-12,32H,6-7,13-14H2,1H3. The highest BCUT2D eigenvalue weighted by atomic mass is 19.2. The van der Waals surface area contributed by atoms with Crippen molar-refractivity contribution in [1.29, 1.82) is 0 Å². The van der Waals surface area contributed by atoms with E-state index in [-0.39, 0.29) is 11.6 Å². The molecule has 0 saturated heterocycles. The average molecular weight is 450 g/mol. The quantitative estimate of drug-likeness (QED) is 0.433. The Labute approximate surface area is 188 Å². The SMILES string of the molecule is Cc1cc(-c2cc(O)c3c(c2)CN(Cc2ccc(F)c(F)c2)CCO3)nc2cc(F)ccc12. The topological polar surface area (TPSA) is 45.6 Å². The van der Waals surface area contributed by atoms with Gasteiger partial charge in [0.25, 0.3) is 0 Å². The van der Waals surface area contributed by atoms with Crippen LogP contribution in [0.3, 0.4) is 0 Å². The Morgan fingerprint density at radius 3 is 2.67 bits per heavy atom. The van der Waals surface area contributed by atoms with Gasteiger partial charge in [-0.05, 0) is 60.5 Å². The van der Waals surface area contributed by atoms with Crippen molar-refractivity contribution in [3.05, 3.63) is 88.7 Å². The number of ether oxygens (including phenoxy) is 1. The zero-order valence-electron chi connectivity index (χ0n) is 17.9. The second-order valence-electron chi connectivity index (χ2n) is 8.28. The molecular weight excluding hydrogens is 429 g/mol. The zero-order valence-corrected chi connectivity index (χ0v) is 17.9. The van der Waals surface area contributed by atoms with E-state index in [4.69, 9.17) is 4.74 Å². The fourth-order valence-corrected chi connectivity index (χ4v) is 4.26. The normalized spacial score (nSPS) is 14.1. The summed E-state index contributed by atoms with van der Waals surface area (Å²) in [5.74, 6) is -1.73. The van der Waals surface area contributed by atoms with E-state index in [9.17, 15) is 18.3 Å². The number of aromatic hydroxyl groups is 1. The van der Waals surface area contributed by atoms with Gasteiger partial charge in [-0.3, -0.25) is 4.90 Å². The summed E-state index contributed by atoms with van der Waals surface area (Å²) in [7, 11) is 0. The van der Waals surface area contributed by atoms with Crippen LogP contribution in [0.5, 0.6) is 11.5 Å². The van der Waals surface area contributed by atoms with Crippen molar-refractivity contribution in [2.24, 2.45) is 0 Å². The zero-order chi connectivity index (χ0) is 23.1. The van der Waals surface area contributed by atoms with Crippen molar-refractivity contribution in [3.8, 4) is 22.8 Å². The molecule has 0 atom stereocenters. The Balaban J connectivity index is 1.50. The van der Waals surface area contributed by atoms with Gasteiger partial charge in [-0.25, -0.2) is 18.2 Å². The summed E-state index contributed by atoms with van der Waals surface area (Å²) in [6.07, 6.45) is 0. The summed E-state index contributed by atoms with van der Waals surface area (Å²) in [4.78, 5) is 6.64. The molecule has 1 aromatic heterocycles. The lowest BCUT2D eigenvalue weighted by molar-refractivity contribution is 0.217. The van der Waals surface area contributed by atoms with Crippen LogP contribution in [-0.4, -0.2) is 28.1 Å². The van der Waals surface area contributed by atoms with E-state index in [2.05, 4.69) is 4.98 Å². The number of phenols is 1. The molecule has 1 aliphatic rings. The molecular formula is C26H21F3N2O2. The maximum atomic E-state index is 13.8. The van der Waals surface area contributed by atoms with Crippen LogP contribution < -0.4 is 4.74 Å². The van der Waals surface area contributed by atoms with E-state index >= 15 is 0 Å². The number of hydrogen-bond donors (Lipinski definition) is 1. The lowest BCUT2D eigenvalue weighted by atomic mass is 10.0. The summed E-state index contributed by atoms with van der Waals surface area (Å²) in [6, 6.07) is 13.8. The molecule has 1 aliphatic heterocycles. The molecule has 3 aromatic carbocycles. The van der Waals surface area contributed by atoms with Gasteiger partial charge in [0.2, 0.25) is 0 Å². The second kappa shape index (κ2) is 8.41. The monoisotopic (exact) mass is 450 g/mol. The number of pyridine rings is 1. The Hall–Kier alpha value is -3.58. The number of rotatable bonds is 3. The van der Waals surface area contributed by atoms with Gasteiger partial charge in [0, 0.05) is 42.2 Å². The van der Waals surface area contributed by atoms with Gasteiger partial charge in [0.05, 0.1) is 11.2 Å². The van der Waals surface area contributed by atoms with Gasteiger partial charge in [-0.2, -0.15) is 0 Å². The number of aromatic nitrogens is 1. The molecule has 4 nitrogen and oxygen atoms in total. The Morgan fingerprint density at radius 2 is 1.85 bits per heavy atom. The molecule has 0 aliphatic carbocycles. The van der Waals surface area contributed by atoms with Crippen molar-refractivity contribution in [2.45, 2.75) is 20.0 Å². The Morgan fingerprint density at radius 1 is 1.00 bits per heavy atom. The van der Waals surface area contributed by atoms with Crippen LogP contribution >= 0.6 is 0 Å². The molecule has 0 amide bonds. The maximum absolute atomic E-state index is 13.8. The maximum Gasteiger partial charge on any atom is 0.165 e. The van der Waals surface area contributed by atoms with Gasteiger partial charge >= 0.3 is 0 Å². The van der Waals surface area contributed by atoms with Crippen LogP contribution in [0.15, 0.2) is 54.6 Å². The molecule has 7 heteroatoms. The van der Waals surface area contributed by atoms with E-state index < -0.39 is 11.6 Å². The third-order valence-electron chi connectivity index (χ3n) is 5.86. The average Bonchev–Trinajstić information content (AvgIpc) is 2.98. The molecule has 33 heavy (non-hydrogen) atoms. The van der Waals surface area contributed by atoms with E-state index in [0.29, 0.717) is 54.3 Å². The molecule has 2 heterocycles. The highest BCUT2D eigenvalue weighted by Crippen LogP contribution is 2.38. The third kappa shape index (κ3) is 4.24. The van der Waals surface area contributed by atoms with Crippen molar-refractivity contribution in [1.82, 2.24) is 9.88 Å². The number of fused-ring (bicyclic) bond motifs is 2. The van der Waals surface area contributed by atoms with E-state index in [1.54, 1.807) is 18.2 Å². The minimum absolute atomic E-state index is 0.00373. The number of aryl methyl sites for hydroxylation is 1. The molecule has 0 spiro atoms. The summed E-state index contributed by atoms with van der Waals surface area (Å²) >= 11 is 0. The highest BCUT2D eigenvalue weighted by molar-refractivity contribution is 5.85.